The van der Waals surface area contributed by atoms with Gasteiger partial charge in [-0.3, -0.25) is 14.4 Å². The average Bonchev–Trinajstić information content (AvgIpc) is 3.22. The van der Waals surface area contributed by atoms with Crippen LogP contribution in [0.5, 0.6) is 0 Å². The number of amides is 3. The number of nitrogens with one attached hydrogen (secondary N) is 2. The number of carbonyl (C=O) groups excluding carboxylic acids is 3. The van der Waals surface area contributed by atoms with Gasteiger partial charge in [0.1, 0.15) is 0 Å². The van der Waals surface area contributed by atoms with Crippen LogP contribution in [0.25, 0.3) is 5.69 Å². The molecule has 0 fully saturated rings. The number of rotatable bonds is 6. The summed E-state index contributed by atoms with van der Waals surface area (Å²) in [4.78, 5) is 48.9. The predicted molar refractivity (Wildman–Crippen MR) is 110 cm³/mol. The van der Waals surface area contributed by atoms with Crippen LogP contribution in [0.15, 0.2) is 61.1 Å². The molecule has 3 rings (SSSR count). The number of aliphatic carboxylic acids is 1. The van der Waals surface area contributed by atoms with Crippen LogP contribution in [-0.2, 0) is 14.4 Å². The summed E-state index contributed by atoms with van der Waals surface area (Å²) in [6, 6.07) is 7.78. The van der Waals surface area contributed by atoms with Gasteiger partial charge in [-0.25, -0.2) is 4.79 Å². The molecule has 0 spiro atoms. The first-order valence-electron chi connectivity index (χ1n) is 8.86. The van der Waals surface area contributed by atoms with E-state index in [1.165, 1.54) is 24.2 Å². The Balaban J connectivity index is 0.00000320. The van der Waals surface area contributed by atoms with Gasteiger partial charge in [-0.05, 0) is 29.8 Å². The molecule has 10 heteroatoms. The zero-order valence-corrected chi connectivity index (χ0v) is 15.6. The van der Waals surface area contributed by atoms with Crippen molar-refractivity contribution in [1.82, 2.24) is 20.1 Å². The summed E-state index contributed by atoms with van der Waals surface area (Å²) in [6.07, 6.45) is 5.84. The maximum absolute atomic E-state index is 12.4. The zero-order valence-electron chi connectivity index (χ0n) is 15.6. The van der Waals surface area contributed by atoms with Crippen molar-refractivity contribution in [1.29, 1.82) is 0 Å². The minimum absolute atomic E-state index is 0. The van der Waals surface area contributed by atoms with E-state index in [0.717, 1.165) is 5.69 Å². The Morgan fingerprint density at radius 1 is 1.17 bits per heavy atom. The molecule has 0 bridgehead atoms. The van der Waals surface area contributed by atoms with Crippen LogP contribution in [0.3, 0.4) is 0 Å². The predicted octanol–water partition coefficient (Wildman–Crippen LogP) is 0.567. The van der Waals surface area contributed by atoms with E-state index in [-0.39, 0.29) is 36.0 Å². The van der Waals surface area contributed by atoms with E-state index in [0.29, 0.717) is 5.56 Å². The third-order valence-electron chi connectivity index (χ3n) is 4.48. The number of likely N-dealkylation sites (N-methyl/N-ethyl adjacent to an activating group) is 1. The second-order valence-electron chi connectivity index (χ2n) is 6.55. The number of carboxylic acids is 1. The summed E-state index contributed by atoms with van der Waals surface area (Å²) >= 11 is 0. The number of hydrogen-bond donors (Lipinski definition) is 3. The Bertz CT molecular complexity index is 973. The fourth-order valence-electron chi connectivity index (χ4n) is 2.98. The number of aromatic nitrogens is 1. The van der Waals surface area contributed by atoms with Gasteiger partial charge in [0.15, 0.2) is 11.8 Å². The van der Waals surface area contributed by atoms with Crippen LogP contribution in [0.4, 0.5) is 4.79 Å². The van der Waals surface area contributed by atoms with Gasteiger partial charge in [0.2, 0.25) is 0 Å². The van der Waals surface area contributed by atoms with Crippen molar-refractivity contribution in [2.45, 2.75) is 18.5 Å². The molecule has 30 heavy (non-hydrogen) atoms. The van der Waals surface area contributed by atoms with E-state index in [1.807, 2.05) is 35.2 Å². The minimum atomic E-state index is -1.35. The van der Waals surface area contributed by atoms with Gasteiger partial charge < -0.3 is 25.2 Å². The Morgan fingerprint density at radius 2 is 1.87 bits per heavy atom. The number of carbonyl (C=O) groups is 4. The first kappa shape index (κ1) is 23.4. The van der Waals surface area contributed by atoms with Crippen LogP contribution in [0, 0.1) is 0 Å². The van der Waals surface area contributed by atoms with Crippen molar-refractivity contribution in [3.05, 3.63) is 66.6 Å². The number of carboxylic acid groups (broad SMARTS) is 1. The number of benzene rings is 1. The molecule has 1 aliphatic heterocycles. The fraction of sp³-hybridized carbons (Fsp3) is 0.200. The van der Waals surface area contributed by atoms with Crippen molar-refractivity contribution >= 4 is 53.2 Å². The van der Waals surface area contributed by atoms with E-state index < -0.39 is 35.8 Å². The SMILES string of the molecule is CN1C=CC(=O)C(NC(=O)NC(CC(=O)O)c2cccc(-n3cccc3)c2)C1=O.[NaH]. The van der Waals surface area contributed by atoms with Crippen molar-refractivity contribution in [3.63, 3.8) is 0 Å². The van der Waals surface area contributed by atoms with E-state index in [1.54, 1.807) is 18.2 Å². The molecule has 0 radical (unpaired) electrons. The van der Waals surface area contributed by atoms with Crippen LogP contribution in [0.2, 0.25) is 0 Å². The molecule has 152 valence electrons. The Kier molecular flexibility index (Phi) is 7.99. The first-order valence-corrected chi connectivity index (χ1v) is 8.86. The molecule has 2 heterocycles. The van der Waals surface area contributed by atoms with E-state index in [9.17, 15) is 24.3 Å². The van der Waals surface area contributed by atoms with Crippen LogP contribution in [-0.4, -0.2) is 80.9 Å². The van der Waals surface area contributed by atoms with Gasteiger partial charge in [0, 0.05) is 37.4 Å². The second kappa shape index (κ2) is 10.2. The molecule has 2 aromatic rings. The molecule has 0 saturated carbocycles. The van der Waals surface area contributed by atoms with Gasteiger partial charge >= 0.3 is 41.6 Å². The van der Waals surface area contributed by atoms with Crippen LogP contribution < -0.4 is 10.6 Å². The molecular weight excluding hydrogens is 399 g/mol. The number of nitrogens with zero attached hydrogens (tertiary/aromatic N) is 2. The fourth-order valence-corrected chi connectivity index (χ4v) is 2.98. The molecule has 2 atom stereocenters. The summed E-state index contributed by atoms with van der Waals surface area (Å²) in [7, 11) is 1.47. The van der Waals surface area contributed by atoms with Gasteiger partial charge in [-0.15, -0.1) is 0 Å². The van der Waals surface area contributed by atoms with Crippen LogP contribution in [0.1, 0.15) is 18.0 Å². The molecule has 3 N–H and O–H groups in total. The zero-order chi connectivity index (χ0) is 21.0. The van der Waals surface area contributed by atoms with Crippen molar-refractivity contribution in [2.75, 3.05) is 7.05 Å². The summed E-state index contributed by atoms with van der Waals surface area (Å²) in [5.41, 5.74) is 1.38. The third-order valence-corrected chi connectivity index (χ3v) is 4.48. The summed E-state index contributed by atoms with van der Waals surface area (Å²) < 4.78 is 1.85. The summed E-state index contributed by atoms with van der Waals surface area (Å²) in [6.45, 7) is 0. The Labute approximate surface area is 195 Å². The van der Waals surface area contributed by atoms with E-state index in [2.05, 4.69) is 10.6 Å². The van der Waals surface area contributed by atoms with E-state index >= 15 is 0 Å². The molecule has 1 aliphatic rings. The van der Waals surface area contributed by atoms with Gasteiger partial charge in [-0.2, -0.15) is 0 Å². The quantitative estimate of drug-likeness (QED) is 0.466. The Morgan fingerprint density at radius 3 is 2.53 bits per heavy atom. The molecule has 1 aromatic heterocycles. The van der Waals surface area contributed by atoms with Crippen molar-refractivity contribution in [2.24, 2.45) is 0 Å². The summed E-state index contributed by atoms with van der Waals surface area (Å²) in [5.74, 6) is -2.22. The third kappa shape index (κ3) is 5.59. The van der Waals surface area contributed by atoms with Crippen molar-refractivity contribution in [3.8, 4) is 5.69 Å². The van der Waals surface area contributed by atoms with Gasteiger partial charge in [0.25, 0.3) is 5.91 Å². The second-order valence-corrected chi connectivity index (χ2v) is 6.55. The Hall–Kier alpha value is -2.88. The number of ketones is 1. The molecule has 9 nitrogen and oxygen atoms in total. The number of hydrogen-bond acceptors (Lipinski definition) is 4. The van der Waals surface area contributed by atoms with Crippen molar-refractivity contribution < 1.29 is 24.3 Å². The molecule has 2 unspecified atom stereocenters. The topological polar surface area (TPSA) is 121 Å². The monoisotopic (exact) mass is 420 g/mol. The van der Waals surface area contributed by atoms with Crippen LogP contribution >= 0.6 is 0 Å². The summed E-state index contributed by atoms with van der Waals surface area (Å²) in [5, 5.41) is 14.1. The number of urea groups is 1. The molecule has 3 amide bonds. The van der Waals surface area contributed by atoms with Gasteiger partial charge in [0.05, 0.1) is 12.5 Å². The normalized spacial score (nSPS) is 16.6. The molecular formula is C20H21N4NaO5. The standard InChI is InChI=1S/C20H20N4O5.Na.H/c1-23-10-7-16(25)18(19(23)28)22-20(29)21-15(12-17(26)27)13-5-4-6-14(11-13)24-8-2-3-9-24;;/h2-11,15,18H,12H2,1H3,(H,26,27)(H2,21,22,29);;. The molecule has 0 aliphatic carbocycles. The van der Waals surface area contributed by atoms with E-state index in [4.69, 9.17) is 0 Å². The molecule has 0 saturated heterocycles. The molecule has 1 aromatic carbocycles. The maximum atomic E-state index is 12.4. The average molecular weight is 420 g/mol. The van der Waals surface area contributed by atoms with Gasteiger partial charge in [-0.1, -0.05) is 12.1 Å². The first-order chi connectivity index (χ1) is 13.8.